The Morgan fingerprint density at radius 1 is 1.14 bits per heavy atom. The first-order valence-corrected chi connectivity index (χ1v) is 7.43. The maximum Gasteiger partial charge on any atom is 0.198 e. The third kappa shape index (κ3) is 2.98. The van der Waals surface area contributed by atoms with Gasteiger partial charge in [-0.2, -0.15) is 0 Å². The molecule has 1 fully saturated rings. The minimum Gasteiger partial charge on any atom is -0.486 e. The standard InChI is InChI=1S/C17H19NO4/c1-18(2)10-13(16(19)11-3-4-11)17(20)12-5-6-14-15(9-12)22-8-7-21-14/h5-6,9-11H,3-4,7-8H2,1-2H3. The molecule has 0 spiro atoms. The number of allylic oxidation sites excluding steroid dienone is 1. The van der Waals surface area contributed by atoms with Gasteiger partial charge in [0.05, 0.1) is 5.57 Å². The maximum absolute atomic E-state index is 12.7. The highest BCUT2D eigenvalue weighted by atomic mass is 16.6. The van der Waals surface area contributed by atoms with Crippen LogP contribution in [0.25, 0.3) is 0 Å². The number of fused-ring (bicyclic) bond motifs is 1. The van der Waals surface area contributed by atoms with Crippen LogP contribution < -0.4 is 9.47 Å². The second-order valence-corrected chi connectivity index (χ2v) is 5.83. The Morgan fingerprint density at radius 3 is 2.45 bits per heavy atom. The van der Waals surface area contributed by atoms with Gasteiger partial charge in [-0.05, 0) is 31.0 Å². The lowest BCUT2D eigenvalue weighted by atomic mass is 9.98. The summed E-state index contributed by atoms with van der Waals surface area (Å²) in [6, 6.07) is 5.05. The summed E-state index contributed by atoms with van der Waals surface area (Å²) in [5, 5.41) is 0. The number of ketones is 2. The first-order valence-electron chi connectivity index (χ1n) is 7.43. The van der Waals surface area contributed by atoms with Crippen molar-refractivity contribution >= 4 is 11.6 Å². The lowest BCUT2D eigenvalue weighted by Gasteiger charge is -2.19. The highest BCUT2D eigenvalue weighted by Crippen LogP contribution is 2.35. The Morgan fingerprint density at radius 2 is 1.82 bits per heavy atom. The number of carbonyl (C=O) groups excluding carboxylic acids is 2. The number of hydrogen-bond donors (Lipinski definition) is 0. The molecule has 1 aliphatic carbocycles. The molecule has 22 heavy (non-hydrogen) atoms. The number of Topliss-reactive ketones (excluding diaryl/α,β-unsaturated/α-hetero) is 2. The summed E-state index contributed by atoms with van der Waals surface area (Å²) in [4.78, 5) is 26.8. The zero-order valence-corrected chi connectivity index (χ0v) is 12.8. The van der Waals surface area contributed by atoms with Gasteiger partial charge in [-0.25, -0.2) is 0 Å². The third-order valence-electron chi connectivity index (χ3n) is 3.65. The van der Waals surface area contributed by atoms with Crippen LogP contribution in [0, 0.1) is 5.92 Å². The van der Waals surface area contributed by atoms with Crippen LogP contribution in [0.4, 0.5) is 0 Å². The van der Waals surface area contributed by atoms with Crippen molar-refractivity contribution in [2.45, 2.75) is 12.8 Å². The predicted molar refractivity (Wildman–Crippen MR) is 81.3 cm³/mol. The number of nitrogens with zero attached hydrogens (tertiary/aromatic N) is 1. The van der Waals surface area contributed by atoms with E-state index in [0.717, 1.165) is 12.8 Å². The molecule has 1 aromatic carbocycles. The van der Waals surface area contributed by atoms with E-state index in [1.807, 2.05) is 0 Å². The predicted octanol–water partition coefficient (Wildman–Crippen LogP) is 2.07. The number of rotatable bonds is 5. The molecule has 0 N–H and O–H groups in total. The normalized spacial score (nSPS) is 17.1. The van der Waals surface area contributed by atoms with Gasteiger partial charge in [-0.1, -0.05) is 0 Å². The zero-order valence-electron chi connectivity index (χ0n) is 12.8. The van der Waals surface area contributed by atoms with Crippen LogP contribution in [0.3, 0.4) is 0 Å². The van der Waals surface area contributed by atoms with Crippen molar-refractivity contribution in [1.82, 2.24) is 4.90 Å². The topological polar surface area (TPSA) is 55.8 Å². The zero-order chi connectivity index (χ0) is 15.7. The van der Waals surface area contributed by atoms with E-state index < -0.39 is 0 Å². The van der Waals surface area contributed by atoms with Crippen LogP contribution in [-0.4, -0.2) is 43.8 Å². The van der Waals surface area contributed by atoms with Crippen LogP contribution in [-0.2, 0) is 4.79 Å². The van der Waals surface area contributed by atoms with E-state index in [0.29, 0.717) is 30.3 Å². The summed E-state index contributed by atoms with van der Waals surface area (Å²) in [5.74, 6) is 0.873. The number of hydrogen-bond acceptors (Lipinski definition) is 5. The van der Waals surface area contributed by atoms with Gasteiger partial charge in [0.25, 0.3) is 0 Å². The Kier molecular flexibility index (Phi) is 3.88. The van der Waals surface area contributed by atoms with Gasteiger partial charge < -0.3 is 14.4 Å². The summed E-state index contributed by atoms with van der Waals surface area (Å²) in [6.07, 6.45) is 3.36. The van der Waals surface area contributed by atoms with Gasteiger partial charge in [0, 0.05) is 31.8 Å². The fourth-order valence-electron chi connectivity index (χ4n) is 2.40. The molecule has 0 aromatic heterocycles. The van der Waals surface area contributed by atoms with Crippen LogP contribution >= 0.6 is 0 Å². The summed E-state index contributed by atoms with van der Waals surface area (Å²) >= 11 is 0. The molecule has 5 heteroatoms. The molecule has 3 rings (SSSR count). The smallest absolute Gasteiger partial charge is 0.198 e. The van der Waals surface area contributed by atoms with Gasteiger partial charge >= 0.3 is 0 Å². The molecule has 116 valence electrons. The fraction of sp³-hybridized carbons (Fsp3) is 0.412. The van der Waals surface area contributed by atoms with Crippen molar-refractivity contribution in [2.24, 2.45) is 5.92 Å². The molecular weight excluding hydrogens is 282 g/mol. The van der Waals surface area contributed by atoms with Gasteiger partial charge in [0.2, 0.25) is 0 Å². The van der Waals surface area contributed by atoms with E-state index in [2.05, 4.69) is 0 Å². The summed E-state index contributed by atoms with van der Waals surface area (Å²) in [6.45, 7) is 0.971. The van der Waals surface area contributed by atoms with E-state index in [1.165, 1.54) is 0 Å². The van der Waals surface area contributed by atoms with E-state index in [9.17, 15) is 9.59 Å². The Balaban J connectivity index is 1.91. The molecule has 0 saturated heterocycles. The highest BCUT2D eigenvalue weighted by Gasteiger charge is 2.35. The Labute approximate surface area is 129 Å². The van der Waals surface area contributed by atoms with Gasteiger partial charge in [0.15, 0.2) is 23.1 Å². The monoisotopic (exact) mass is 301 g/mol. The van der Waals surface area contributed by atoms with Crippen molar-refractivity contribution < 1.29 is 19.1 Å². The summed E-state index contributed by atoms with van der Waals surface area (Å²) in [5.41, 5.74) is 0.690. The van der Waals surface area contributed by atoms with Crippen LogP contribution in [0.5, 0.6) is 11.5 Å². The van der Waals surface area contributed by atoms with Crippen molar-refractivity contribution in [3.05, 3.63) is 35.5 Å². The average molecular weight is 301 g/mol. The highest BCUT2D eigenvalue weighted by molar-refractivity contribution is 6.27. The number of ether oxygens (including phenoxy) is 2. The van der Waals surface area contributed by atoms with Crippen molar-refractivity contribution in [3.63, 3.8) is 0 Å². The maximum atomic E-state index is 12.7. The van der Waals surface area contributed by atoms with Crippen LogP contribution in [0.1, 0.15) is 23.2 Å². The van der Waals surface area contributed by atoms with Gasteiger partial charge in [-0.3, -0.25) is 9.59 Å². The lowest BCUT2D eigenvalue weighted by molar-refractivity contribution is -0.116. The van der Waals surface area contributed by atoms with Gasteiger partial charge in [0.1, 0.15) is 13.2 Å². The van der Waals surface area contributed by atoms with Crippen LogP contribution in [0.15, 0.2) is 30.0 Å². The molecular formula is C17H19NO4. The Bertz CT molecular complexity index is 644. The number of benzene rings is 1. The molecule has 1 saturated carbocycles. The first-order chi connectivity index (χ1) is 10.6. The quantitative estimate of drug-likeness (QED) is 0.361. The summed E-state index contributed by atoms with van der Waals surface area (Å²) < 4.78 is 11.0. The minimum absolute atomic E-state index is 0.00682. The Hall–Kier alpha value is -2.30. The molecule has 5 nitrogen and oxygen atoms in total. The molecule has 0 bridgehead atoms. The largest absolute Gasteiger partial charge is 0.486 e. The molecule has 2 aliphatic rings. The second kappa shape index (κ2) is 5.83. The van der Waals surface area contributed by atoms with E-state index in [4.69, 9.17) is 9.47 Å². The second-order valence-electron chi connectivity index (χ2n) is 5.83. The minimum atomic E-state index is -0.262. The van der Waals surface area contributed by atoms with E-state index in [-0.39, 0.29) is 23.1 Å². The van der Waals surface area contributed by atoms with Crippen molar-refractivity contribution in [2.75, 3.05) is 27.3 Å². The molecule has 1 heterocycles. The summed E-state index contributed by atoms with van der Waals surface area (Å²) in [7, 11) is 3.61. The van der Waals surface area contributed by atoms with E-state index >= 15 is 0 Å². The average Bonchev–Trinajstić information content (AvgIpc) is 3.35. The van der Waals surface area contributed by atoms with Crippen LogP contribution in [0.2, 0.25) is 0 Å². The first kappa shape index (κ1) is 14.6. The van der Waals surface area contributed by atoms with Crippen molar-refractivity contribution in [3.8, 4) is 11.5 Å². The van der Waals surface area contributed by atoms with E-state index in [1.54, 1.807) is 43.4 Å². The van der Waals surface area contributed by atoms with Crippen molar-refractivity contribution in [1.29, 1.82) is 0 Å². The fourth-order valence-corrected chi connectivity index (χ4v) is 2.40. The van der Waals surface area contributed by atoms with Gasteiger partial charge in [-0.15, -0.1) is 0 Å². The molecule has 0 unspecified atom stereocenters. The molecule has 1 aliphatic heterocycles. The molecule has 1 aromatic rings. The molecule has 0 atom stereocenters. The number of carbonyl (C=O) groups is 2. The lowest BCUT2D eigenvalue weighted by Crippen LogP contribution is -2.19. The molecule has 0 amide bonds. The third-order valence-corrected chi connectivity index (χ3v) is 3.65. The molecule has 0 radical (unpaired) electrons. The SMILES string of the molecule is CN(C)C=C(C(=O)c1ccc2c(c1)OCCO2)C(=O)C1CC1.